The Kier molecular flexibility index (Phi) is 6.18. The number of nitrogens with one attached hydrogen (secondary N) is 1. The maximum atomic E-state index is 12.2. The average molecular weight is 321 g/mol. The normalized spacial score (nSPS) is 12.3. The minimum absolute atomic E-state index is 0.0500. The van der Waals surface area contributed by atoms with Gasteiger partial charge in [-0.3, -0.25) is 0 Å². The predicted octanol–water partition coefficient (Wildman–Crippen LogP) is 0.729. The van der Waals surface area contributed by atoms with E-state index in [9.17, 15) is 8.42 Å². The number of nitrogen functional groups attached to an aromatic ring is 1. The first-order valence-corrected chi connectivity index (χ1v) is 8.69. The molecular formula is C11H23N5O2S2. The standard InChI is InChI=1S/C11H23N5O2S2/c1-5-16(6-2)8-7-13-11-9(10(12)14-19-11)20(17,18)15(3)4/h13H,5-8H2,1-4H3,(H2,12,14). The Labute approximate surface area is 125 Å². The highest BCUT2D eigenvalue weighted by atomic mass is 32.2. The summed E-state index contributed by atoms with van der Waals surface area (Å²) in [6.45, 7) is 7.61. The van der Waals surface area contributed by atoms with Gasteiger partial charge in [-0.05, 0) is 24.6 Å². The maximum Gasteiger partial charge on any atom is 0.249 e. The third kappa shape index (κ3) is 3.81. The molecular weight excluding hydrogens is 298 g/mol. The summed E-state index contributed by atoms with van der Waals surface area (Å²) in [6.07, 6.45) is 0. The molecule has 9 heteroatoms. The summed E-state index contributed by atoms with van der Waals surface area (Å²) in [7, 11) is -0.620. The molecule has 116 valence electrons. The second-order valence-corrected chi connectivity index (χ2v) is 7.33. The van der Waals surface area contributed by atoms with Crippen LogP contribution in [0.3, 0.4) is 0 Å². The first-order valence-electron chi connectivity index (χ1n) is 6.48. The molecule has 0 bridgehead atoms. The zero-order valence-corrected chi connectivity index (χ0v) is 14.0. The molecule has 0 aliphatic rings. The first kappa shape index (κ1) is 17.2. The molecule has 0 amide bonds. The van der Waals surface area contributed by atoms with Crippen LogP contribution in [0.5, 0.6) is 0 Å². The molecule has 0 saturated heterocycles. The molecule has 0 aromatic carbocycles. The molecule has 0 saturated carbocycles. The molecule has 1 heterocycles. The third-order valence-corrected chi connectivity index (χ3v) is 5.86. The largest absolute Gasteiger partial charge is 0.382 e. The fourth-order valence-electron chi connectivity index (χ4n) is 1.71. The van der Waals surface area contributed by atoms with E-state index in [0.717, 1.165) is 35.5 Å². The van der Waals surface area contributed by atoms with Gasteiger partial charge < -0.3 is 16.0 Å². The number of likely N-dealkylation sites (N-methyl/N-ethyl adjacent to an activating group) is 1. The summed E-state index contributed by atoms with van der Waals surface area (Å²) in [6, 6.07) is 0. The SMILES string of the molecule is CCN(CC)CCNc1snc(N)c1S(=O)(=O)N(C)C. The molecule has 7 nitrogen and oxygen atoms in total. The van der Waals surface area contributed by atoms with Gasteiger partial charge in [0.2, 0.25) is 10.0 Å². The monoisotopic (exact) mass is 321 g/mol. The van der Waals surface area contributed by atoms with E-state index in [1.165, 1.54) is 14.1 Å². The van der Waals surface area contributed by atoms with E-state index in [4.69, 9.17) is 5.73 Å². The minimum Gasteiger partial charge on any atom is -0.382 e. The Bertz CT molecular complexity index is 523. The number of anilines is 2. The van der Waals surface area contributed by atoms with Gasteiger partial charge in [0.05, 0.1) is 0 Å². The van der Waals surface area contributed by atoms with Crippen LogP contribution in [0.15, 0.2) is 4.90 Å². The minimum atomic E-state index is -3.58. The molecule has 0 unspecified atom stereocenters. The third-order valence-electron chi connectivity index (χ3n) is 3.02. The van der Waals surface area contributed by atoms with E-state index in [-0.39, 0.29) is 10.7 Å². The fourth-order valence-corrected chi connectivity index (χ4v) is 3.81. The first-order chi connectivity index (χ1) is 9.34. The topological polar surface area (TPSA) is 91.6 Å². The van der Waals surface area contributed by atoms with E-state index in [1.807, 2.05) is 0 Å². The average Bonchev–Trinajstić information content (AvgIpc) is 2.76. The highest BCUT2D eigenvalue weighted by molar-refractivity contribution is 7.89. The van der Waals surface area contributed by atoms with Gasteiger partial charge in [-0.1, -0.05) is 13.8 Å². The lowest BCUT2D eigenvalue weighted by molar-refractivity contribution is 0.316. The van der Waals surface area contributed by atoms with Crippen molar-refractivity contribution in [1.82, 2.24) is 13.6 Å². The molecule has 3 N–H and O–H groups in total. The zero-order chi connectivity index (χ0) is 15.3. The van der Waals surface area contributed by atoms with E-state index in [1.54, 1.807) is 0 Å². The Morgan fingerprint density at radius 2 is 1.90 bits per heavy atom. The summed E-state index contributed by atoms with van der Waals surface area (Å²) in [5, 5.41) is 3.63. The van der Waals surface area contributed by atoms with Crippen LogP contribution >= 0.6 is 11.5 Å². The number of nitrogens with zero attached hydrogens (tertiary/aromatic N) is 3. The summed E-state index contributed by atoms with van der Waals surface area (Å²) < 4.78 is 29.5. The van der Waals surface area contributed by atoms with Crippen LogP contribution in [-0.4, -0.2) is 62.3 Å². The van der Waals surface area contributed by atoms with Crippen molar-refractivity contribution in [2.24, 2.45) is 0 Å². The highest BCUT2D eigenvalue weighted by Crippen LogP contribution is 2.32. The molecule has 1 aromatic rings. The zero-order valence-electron chi connectivity index (χ0n) is 12.4. The van der Waals surface area contributed by atoms with Gasteiger partial charge in [-0.2, -0.15) is 4.37 Å². The van der Waals surface area contributed by atoms with E-state index in [0.29, 0.717) is 11.5 Å². The van der Waals surface area contributed by atoms with Crippen LogP contribution in [0.2, 0.25) is 0 Å². The van der Waals surface area contributed by atoms with Gasteiger partial charge in [-0.25, -0.2) is 12.7 Å². The lowest BCUT2D eigenvalue weighted by atomic mass is 10.4. The fraction of sp³-hybridized carbons (Fsp3) is 0.727. The Morgan fingerprint density at radius 1 is 1.30 bits per heavy atom. The number of hydrogen-bond acceptors (Lipinski definition) is 7. The second-order valence-electron chi connectivity index (χ2n) is 4.47. The molecule has 1 aromatic heterocycles. The van der Waals surface area contributed by atoms with E-state index >= 15 is 0 Å². The van der Waals surface area contributed by atoms with E-state index < -0.39 is 10.0 Å². The van der Waals surface area contributed by atoms with Crippen molar-refractivity contribution >= 4 is 32.4 Å². The number of nitrogens with two attached hydrogens (primary N) is 1. The molecule has 0 aliphatic heterocycles. The van der Waals surface area contributed by atoms with Crippen molar-refractivity contribution < 1.29 is 8.42 Å². The summed E-state index contributed by atoms with van der Waals surface area (Å²) >= 11 is 1.08. The molecule has 0 spiro atoms. The highest BCUT2D eigenvalue weighted by Gasteiger charge is 2.27. The van der Waals surface area contributed by atoms with Gasteiger partial charge in [0.15, 0.2) is 10.7 Å². The van der Waals surface area contributed by atoms with Crippen LogP contribution in [0.4, 0.5) is 10.8 Å². The Balaban J connectivity index is 2.83. The Morgan fingerprint density at radius 3 is 2.40 bits per heavy atom. The second kappa shape index (κ2) is 7.21. The summed E-state index contributed by atoms with van der Waals surface area (Å²) in [5.74, 6) is 0.0500. The summed E-state index contributed by atoms with van der Waals surface area (Å²) in [5.41, 5.74) is 5.69. The van der Waals surface area contributed by atoms with Crippen molar-refractivity contribution in [1.29, 1.82) is 0 Å². The van der Waals surface area contributed by atoms with Crippen LogP contribution in [0.1, 0.15) is 13.8 Å². The van der Waals surface area contributed by atoms with Gasteiger partial charge >= 0.3 is 0 Å². The molecule has 0 aliphatic carbocycles. The molecule has 1 rings (SSSR count). The number of sulfonamides is 1. The molecule has 20 heavy (non-hydrogen) atoms. The van der Waals surface area contributed by atoms with Crippen molar-refractivity contribution in [2.45, 2.75) is 18.7 Å². The molecule has 0 atom stereocenters. The quantitative estimate of drug-likeness (QED) is 0.733. The maximum absolute atomic E-state index is 12.2. The van der Waals surface area contributed by atoms with E-state index in [2.05, 4.69) is 28.4 Å². The van der Waals surface area contributed by atoms with Gasteiger partial charge in [-0.15, -0.1) is 0 Å². The predicted molar refractivity (Wildman–Crippen MR) is 83.7 cm³/mol. The lowest BCUT2D eigenvalue weighted by Crippen LogP contribution is -2.29. The van der Waals surface area contributed by atoms with Crippen LogP contribution in [0, 0.1) is 0 Å². The summed E-state index contributed by atoms with van der Waals surface area (Å²) in [4.78, 5) is 2.32. The number of rotatable bonds is 8. The lowest BCUT2D eigenvalue weighted by Gasteiger charge is -2.18. The van der Waals surface area contributed by atoms with Crippen molar-refractivity contribution in [3.05, 3.63) is 0 Å². The van der Waals surface area contributed by atoms with Crippen molar-refractivity contribution in [3.8, 4) is 0 Å². The van der Waals surface area contributed by atoms with Gasteiger partial charge in [0.1, 0.15) is 5.00 Å². The van der Waals surface area contributed by atoms with Crippen molar-refractivity contribution in [2.75, 3.05) is 51.3 Å². The molecule has 0 fully saturated rings. The smallest absolute Gasteiger partial charge is 0.249 e. The van der Waals surface area contributed by atoms with Crippen LogP contribution in [0.25, 0.3) is 0 Å². The number of aromatic nitrogens is 1. The van der Waals surface area contributed by atoms with Gasteiger partial charge in [0.25, 0.3) is 0 Å². The van der Waals surface area contributed by atoms with Crippen LogP contribution < -0.4 is 11.1 Å². The van der Waals surface area contributed by atoms with Crippen molar-refractivity contribution in [3.63, 3.8) is 0 Å². The van der Waals surface area contributed by atoms with Gasteiger partial charge in [0, 0.05) is 27.2 Å². The Hall–Kier alpha value is -0.900. The molecule has 0 radical (unpaired) electrons. The number of hydrogen-bond donors (Lipinski definition) is 2. The van der Waals surface area contributed by atoms with Crippen LogP contribution in [-0.2, 0) is 10.0 Å².